The summed E-state index contributed by atoms with van der Waals surface area (Å²) in [4.78, 5) is 10.5. The Morgan fingerprint density at radius 2 is 2.26 bits per heavy atom. The van der Waals surface area contributed by atoms with Gasteiger partial charge in [-0.3, -0.25) is 4.79 Å². The van der Waals surface area contributed by atoms with Crippen LogP contribution in [0.15, 0.2) is 28.9 Å². The summed E-state index contributed by atoms with van der Waals surface area (Å²) in [7, 11) is 0. The molecule has 0 saturated carbocycles. The number of hydrogen-bond donors (Lipinski definition) is 1. The minimum Gasteiger partial charge on any atom is -0.481 e. The van der Waals surface area contributed by atoms with E-state index in [2.05, 4.69) is 26.2 Å². The summed E-state index contributed by atoms with van der Waals surface area (Å²) in [6.45, 7) is 0.445. The number of aryl methyl sites for hydroxylation is 1. The smallest absolute Gasteiger partial charge is 0.303 e. The van der Waals surface area contributed by atoms with E-state index >= 15 is 0 Å². The predicted octanol–water partition coefficient (Wildman–Crippen LogP) is 2.25. The quantitative estimate of drug-likeness (QED) is 0.914. The van der Waals surface area contributed by atoms with Crippen LogP contribution in [0.2, 0.25) is 0 Å². The van der Waals surface area contributed by atoms with Crippen molar-refractivity contribution in [1.82, 2.24) is 15.0 Å². The molecule has 1 heterocycles. The Morgan fingerprint density at radius 3 is 2.95 bits per heavy atom. The van der Waals surface area contributed by atoms with Gasteiger partial charge in [-0.2, -0.15) is 0 Å². The van der Waals surface area contributed by atoms with Crippen LogP contribution in [0.4, 0.5) is 4.39 Å². The molecule has 19 heavy (non-hydrogen) atoms. The number of hydrogen-bond acceptors (Lipinski definition) is 3. The SMILES string of the molecule is O=C(O)CCc1cn(Cc2ccc(F)cc2Br)nn1. The van der Waals surface area contributed by atoms with Crippen molar-refractivity contribution in [2.45, 2.75) is 19.4 Å². The molecule has 0 amide bonds. The van der Waals surface area contributed by atoms with Gasteiger partial charge in [-0.25, -0.2) is 9.07 Å². The molecule has 7 heteroatoms. The van der Waals surface area contributed by atoms with Crippen molar-refractivity contribution in [3.63, 3.8) is 0 Å². The summed E-state index contributed by atoms with van der Waals surface area (Å²) in [5, 5.41) is 16.4. The topological polar surface area (TPSA) is 68.0 Å². The number of carboxylic acid groups (broad SMARTS) is 1. The minimum absolute atomic E-state index is 0.0267. The van der Waals surface area contributed by atoms with E-state index in [1.54, 1.807) is 16.9 Å². The highest BCUT2D eigenvalue weighted by Crippen LogP contribution is 2.18. The standard InChI is InChI=1S/C12H11BrFN3O2/c13-11-5-9(14)2-1-8(11)6-17-7-10(15-16-17)3-4-12(18)19/h1-2,5,7H,3-4,6H2,(H,18,19). The number of halogens is 2. The number of rotatable bonds is 5. The molecule has 0 fully saturated rings. The average Bonchev–Trinajstić information content (AvgIpc) is 2.78. The molecule has 0 atom stereocenters. The first-order chi connectivity index (χ1) is 9.04. The molecule has 2 aromatic rings. The van der Waals surface area contributed by atoms with Crippen molar-refractivity contribution in [3.8, 4) is 0 Å². The summed E-state index contributed by atoms with van der Waals surface area (Å²) in [5.74, 6) is -1.17. The Kier molecular flexibility index (Phi) is 4.26. The third kappa shape index (κ3) is 3.85. The minimum atomic E-state index is -0.865. The first-order valence-corrected chi connectivity index (χ1v) is 6.38. The van der Waals surface area contributed by atoms with Crippen LogP contribution < -0.4 is 0 Å². The first kappa shape index (κ1) is 13.7. The highest BCUT2D eigenvalue weighted by molar-refractivity contribution is 9.10. The molecule has 0 unspecified atom stereocenters. The van der Waals surface area contributed by atoms with Gasteiger partial charge in [-0.15, -0.1) is 5.10 Å². The summed E-state index contributed by atoms with van der Waals surface area (Å²) >= 11 is 3.28. The van der Waals surface area contributed by atoms with Gasteiger partial charge in [0.1, 0.15) is 5.82 Å². The molecule has 0 aliphatic rings. The molecule has 100 valence electrons. The van der Waals surface area contributed by atoms with Crippen molar-refractivity contribution in [3.05, 3.63) is 45.9 Å². The summed E-state index contributed by atoms with van der Waals surface area (Å²) in [6.07, 6.45) is 2.07. The molecule has 0 aliphatic carbocycles. The van der Waals surface area contributed by atoms with Crippen LogP contribution in [-0.4, -0.2) is 26.1 Å². The molecular formula is C12H11BrFN3O2. The van der Waals surface area contributed by atoms with Gasteiger partial charge in [0.25, 0.3) is 0 Å². The molecule has 5 nitrogen and oxygen atoms in total. The Morgan fingerprint density at radius 1 is 1.47 bits per heavy atom. The molecular weight excluding hydrogens is 317 g/mol. The van der Waals surface area contributed by atoms with Crippen molar-refractivity contribution in [2.24, 2.45) is 0 Å². The average molecular weight is 328 g/mol. The van der Waals surface area contributed by atoms with E-state index in [-0.39, 0.29) is 12.2 Å². The fourth-order valence-electron chi connectivity index (χ4n) is 1.59. The zero-order chi connectivity index (χ0) is 13.8. The van der Waals surface area contributed by atoms with Crippen LogP contribution in [0.1, 0.15) is 17.7 Å². The maximum atomic E-state index is 12.9. The third-order valence-corrected chi connectivity index (χ3v) is 3.27. The van der Waals surface area contributed by atoms with Gasteiger partial charge in [0.2, 0.25) is 0 Å². The second kappa shape index (κ2) is 5.92. The van der Waals surface area contributed by atoms with Gasteiger partial charge in [0, 0.05) is 17.1 Å². The Balaban J connectivity index is 2.05. The van der Waals surface area contributed by atoms with Crippen LogP contribution in [0.5, 0.6) is 0 Å². The van der Waals surface area contributed by atoms with E-state index in [1.165, 1.54) is 12.1 Å². The van der Waals surface area contributed by atoms with E-state index in [9.17, 15) is 9.18 Å². The number of aromatic nitrogens is 3. The van der Waals surface area contributed by atoms with Crippen molar-refractivity contribution in [2.75, 3.05) is 0 Å². The van der Waals surface area contributed by atoms with Gasteiger partial charge < -0.3 is 5.11 Å². The van der Waals surface area contributed by atoms with Crippen molar-refractivity contribution >= 4 is 21.9 Å². The van der Waals surface area contributed by atoms with Gasteiger partial charge >= 0.3 is 5.97 Å². The Labute approximate surface area is 117 Å². The maximum absolute atomic E-state index is 12.9. The number of carboxylic acids is 1. The maximum Gasteiger partial charge on any atom is 0.303 e. The highest BCUT2D eigenvalue weighted by atomic mass is 79.9. The third-order valence-electron chi connectivity index (χ3n) is 2.53. The lowest BCUT2D eigenvalue weighted by molar-refractivity contribution is -0.136. The van der Waals surface area contributed by atoms with Crippen LogP contribution in [0.25, 0.3) is 0 Å². The normalized spacial score (nSPS) is 10.6. The number of carbonyl (C=O) groups is 1. The largest absolute Gasteiger partial charge is 0.481 e. The van der Waals surface area contributed by atoms with Gasteiger partial charge in [-0.1, -0.05) is 27.2 Å². The van der Waals surface area contributed by atoms with Crippen LogP contribution >= 0.6 is 15.9 Å². The summed E-state index contributed by atoms with van der Waals surface area (Å²) in [6, 6.07) is 4.43. The Hall–Kier alpha value is -1.76. The van der Waals surface area contributed by atoms with Crippen molar-refractivity contribution < 1.29 is 14.3 Å². The van der Waals surface area contributed by atoms with E-state index in [4.69, 9.17) is 5.11 Å². The molecule has 1 aromatic heterocycles. The second-order valence-electron chi connectivity index (χ2n) is 4.04. The zero-order valence-corrected chi connectivity index (χ0v) is 11.5. The molecule has 0 bridgehead atoms. The fourth-order valence-corrected chi connectivity index (χ4v) is 2.07. The van der Waals surface area contributed by atoms with Crippen molar-refractivity contribution in [1.29, 1.82) is 0 Å². The Bertz CT molecular complexity index is 600. The van der Waals surface area contributed by atoms with Gasteiger partial charge in [-0.05, 0) is 17.7 Å². The summed E-state index contributed by atoms with van der Waals surface area (Å²) < 4.78 is 15.2. The van der Waals surface area contributed by atoms with Crippen LogP contribution in [0.3, 0.4) is 0 Å². The molecule has 1 aromatic carbocycles. The molecule has 0 saturated heterocycles. The predicted molar refractivity (Wildman–Crippen MR) is 69.2 cm³/mol. The first-order valence-electron chi connectivity index (χ1n) is 5.59. The fraction of sp³-hybridized carbons (Fsp3) is 0.250. The lowest BCUT2D eigenvalue weighted by Crippen LogP contribution is -2.01. The van der Waals surface area contributed by atoms with E-state index in [1.807, 2.05) is 0 Å². The van der Waals surface area contributed by atoms with Gasteiger partial charge in [0.05, 0.1) is 18.7 Å². The number of benzene rings is 1. The monoisotopic (exact) mass is 327 g/mol. The second-order valence-corrected chi connectivity index (χ2v) is 4.89. The van der Waals surface area contributed by atoms with Crippen LogP contribution in [0, 0.1) is 5.82 Å². The molecule has 2 rings (SSSR count). The lowest BCUT2D eigenvalue weighted by Gasteiger charge is -2.03. The van der Waals surface area contributed by atoms with E-state index in [0.717, 1.165) is 5.56 Å². The zero-order valence-electron chi connectivity index (χ0n) is 9.88. The lowest BCUT2D eigenvalue weighted by atomic mass is 10.2. The highest BCUT2D eigenvalue weighted by Gasteiger charge is 2.06. The summed E-state index contributed by atoms with van der Waals surface area (Å²) in [5.41, 5.74) is 1.50. The van der Waals surface area contributed by atoms with E-state index < -0.39 is 5.97 Å². The van der Waals surface area contributed by atoms with E-state index in [0.29, 0.717) is 23.1 Å². The molecule has 0 spiro atoms. The molecule has 0 radical (unpaired) electrons. The van der Waals surface area contributed by atoms with Gasteiger partial charge in [0.15, 0.2) is 0 Å². The number of nitrogens with zero attached hydrogens (tertiary/aromatic N) is 3. The molecule has 0 aliphatic heterocycles. The number of aliphatic carboxylic acids is 1. The molecule has 1 N–H and O–H groups in total. The van der Waals surface area contributed by atoms with Crippen LogP contribution in [-0.2, 0) is 17.8 Å².